The molecule has 0 fully saturated rings. The number of carbonyl (C=O) groups excluding carboxylic acids is 2. The second-order valence-corrected chi connectivity index (χ2v) is 5.11. The van der Waals surface area contributed by atoms with Gasteiger partial charge >= 0.3 is 0 Å². The fourth-order valence-electron chi connectivity index (χ4n) is 1.98. The second-order valence-electron chi connectivity index (χ2n) is 5.11. The highest BCUT2D eigenvalue weighted by Crippen LogP contribution is 2.30. The Balaban J connectivity index is 2.18. The molecule has 126 valence electrons. The summed E-state index contributed by atoms with van der Waals surface area (Å²) in [5.41, 5.74) is 0.310. The molecular weight excluding hydrogens is 318 g/mol. The van der Waals surface area contributed by atoms with Gasteiger partial charge in [0.2, 0.25) is 11.8 Å². The summed E-state index contributed by atoms with van der Waals surface area (Å²) < 4.78 is 31.9. The average Bonchev–Trinajstić information content (AvgIpc) is 2.47. The molecule has 0 aromatic heterocycles. The van der Waals surface area contributed by atoms with Crippen LogP contribution in [0.2, 0.25) is 0 Å². The minimum atomic E-state index is -0.772. The van der Waals surface area contributed by atoms with Crippen LogP contribution >= 0.6 is 0 Å². The SMILES string of the molecule is CC(=O)NC(C)C(=O)Nc1ccccc1Oc1cc(F)cc(F)c1. The topological polar surface area (TPSA) is 67.4 Å². The molecule has 2 N–H and O–H groups in total. The first kappa shape index (κ1) is 17.4. The molecule has 1 unspecified atom stereocenters. The molecule has 2 rings (SSSR count). The van der Waals surface area contributed by atoms with Crippen LogP contribution in [0.15, 0.2) is 42.5 Å². The van der Waals surface area contributed by atoms with Crippen molar-refractivity contribution in [2.75, 3.05) is 5.32 Å². The van der Waals surface area contributed by atoms with Gasteiger partial charge in [-0.1, -0.05) is 12.1 Å². The van der Waals surface area contributed by atoms with Crippen LogP contribution in [-0.4, -0.2) is 17.9 Å². The van der Waals surface area contributed by atoms with Crippen LogP contribution in [0.5, 0.6) is 11.5 Å². The number of nitrogens with one attached hydrogen (secondary N) is 2. The number of ether oxygens (including phenoxy) is 1. The summed E-state index contributed by atoms with van der Waals surface area (Å²) in [6.07, 6.45) is 0. The Bertz CT molecular complexity index is 745. The van der Waals surface area contributed by atoms with Gasteiger partial charge in [-0.2, -0.15) is 0 Å². The number of hydrogen-bond acceptors (Lipinski definition) is 3. The third-order valence-corrected chi connectivity index (χ3v) is 3.02. The third-order valence-electron chi connectivity index (χ3n) is 3.02. The Kier molecular flexibility index (Phi) is 5.47. The van der Waals surface area contributed by atoms with Gasteiger partial charge in [-0.15, -0.1) is 0 Å². The zero-order valence-electron chi connectivity index (χ0n) is 13.1. The lowest BCUT2D eigenvalue weighted by molar-refractivity contribution is -0.124. The maximum atomic E-state index is 13.2. The number of benzene rings is 2. The third kappa shape index (κ3) is 4.77. The van der Waals surface area contributed by atoms with Crippen LogP contribution in [0.1, 0.15) is 13.8 Å². The highest BCUT2D eigenvalue weighted by molar-refractivity contribution is 5.97. The number of para-hydroxylation sites is 2. The fraction of sp³-hybridized carbons (Fsp3) is 0.176. The number of hydrogen-bond donors (Lipinski definition) is 2. The minimum absolute atomic E-state index is 0.0379. The molecule has 0 saturated heterocycles. The molecule has 2 amide bonds. The molecule has 0 heterocycles. The summed E-state index contributed by atoms with van der Waals surface area (Å²) in [5.74, 6) is -2.16. The molecule has 0 radical (unpaired) electrons. The standard InChI is InChI=1S/C17H16F2N2O3/c1-10(20-11(2)22)17(23)21-15-5-3-4-6-16(15)24-14-8-12(18)7-13(19)9-14/h3-10H,1-2H3,(H,20,22)(H,21,23). The maximum Gasteiger partial charge on any atom is 0.246 e. The molecule has 0 bridgehead atoms. The van der Waals surface area contributed by atoms with Crippen molar-refractivity contribution in [2.45, 2.75) is 19.9 Å². The Hall–Kier alpha value is -2.96. The van der Waals surface area contributed by atoms with E-state index in [4.69, 9.17) is 4.74 Å². The molecule has 1 atom stereocenters. The molecule has 0 aliphatic carbocycles. The maximum absolute atomic E-state index is 13.2. The summed E-state index contributed by atoms with van der Waals surface area (Å²) in [6, 6.07) is 8.47. The van der Waals surface area contributed by atoms with Crippen molar-refractivity contribution in [1.82, 2.24) is 5.32 Å². The first-order valence-corrected chi connectivity index (χ1v) is 7.16. The Morgan fingerprint density at radius 2 is 1.71 bits per heavy atom. The summed E-state index contributed by atoms with van der Waals surface area (Å²) in [6.45, 7) is 2.83. The number of anilines is 1. The van der Waals surface area contributed by atoms with Gasteiger partial charge in [0.1, 0.15) is 23.4 Å². The Morgan fingerprint density at radius 1 is 1.08 bits per heavy atom. The predicted octanol–water partition coefficient (Wildman–Crippen LogP) is 3.22. The second kappa shape index (κ2) is 7.54. The van der Waals surface area contributed by atoms with Crippen molar-refractivity contribution in [3.8, 4) is 11.5 Å². The Morgan fingerprint density at radius 3 is 2.33 bits per heavy atom. The average molecular weight is 334 g/mol. The van der Waals surface area contributed by atoms with Gasteiger partial charge in [-0.3, -0.25) is 9.59 Å². The monoisotopic (exact) mass is 334 g/mol. The molecule has 0 aliphatic heterocycles. The van der Waals surface area contributed by atoms with Crippen molar-refractivity contribution < 1.29 is 23.1 Å². The van der Waals surface area contributed by atoms with E-state index in [1.54, 1.807) is 24.3 Å². The number of carbonyl (C=O) groups is 2. The fourth-order valence-corrected chi connectivity index (χ4v) is 1.98. The predicted molar refractivity (Wildman–Crippen MR) is 84.8 cm³/mol. The van der Waals surface area contributed by atoms with E-state index in [0.717, 1.165) is 18.2 Å². The normalized spacial score (nSPS) is 11.5. The van der Waals surface area contributed by atoms with Gasteiger partial charge in [0.15, 0.2) is 5.75 Å². The molecular formula is C17H16F2N2O3. The van der Waals surface area contributed by atoms with Crippen LogP contribution in [0, 0.1) is 11.6 Å². The molecule has 0 saturated carbocycles. The lowest BCUT2D eigenvalue weighted by Crippen LogP contribution is -2.40. The highest BCUT2D eigenvalue weighted by atomic mass is 19.1. The number of halogens is 2. The summed E-state index contributed by atoms with van der Waals surface area (Å²) in [7, 11) is 0. The number of amides is 2. The zero-order valence-corrected chi connectivity index (χ0v) is 13.1. The smallest absolute Gasteiger partial charge is 0.246 e. The highest BCUT2D eigenvalue weighted by Gasteiger charge is 2.16. The largest absolute Gasteiger partial charge is 0.455 e. The van der Waals surface area contributed by atoms with Crippen LogP contribution in [0.4, 0.5) is 14.5 Å². The van der Waals surface area contributed by atoms with E-state index in [1.165, 1.54) is 13.8 Å². The van der Waals surface area contributed by atoms with E-state index in [1.807, 2.05) is 0 Å². The van der Waals surface area contributed by atoms with E-state index in [-0.39, 0.29) is 17.4 Å². The van der Waals surface area contributed by atoms with Crippen molar-refractivity contribution in [2.24, 2.45) is 0 Å². The quantitative estimate of drug-likeness (QED) is 0.882. The van der Waals surface area contributed by atoms with Gasteiger partial charge in [0.25, 0.3) is 0 Å². The minimum Gasteiger partial charge on any atom is -0.455 e. The van der Waals surface area contributed by atoms with E-state index < -0.39 is 23.6 Å². The van der Waals surface area contributed by atoms with E-state index in [9.17, 15) is 18.4 Å². The molecule has 5 nitrogen and oxygen atoms in total. The first-order valence-electron chi connectivity index (χ1n) is 7.16. The van der Waals surface area contributed by atoms with Gasteiger partial charge in [0, 0.05) is 25.1 Å². The first-order chi connectivity index (χ1) is 11.3. The Labute approximate surface area is 137 Å². The van der Waals surface area contributed by atoms with Gasteiger partial charge < -0.3 is 15.4 Å². The lowest BCUT2D eigenvalue weighted by Gasteiger charge is -2.15. The van der Waals surface area contributed by atoms with Gasteiger partial charge in [0.05, 0.1) is 5.69 Å². The molecule has 2 aromatic carbocycles. The van der Waals surface area contributed by atoms with Gasteiger partial charge in [-0.05, 0) is 19.1 Å². The van der Waals surface area contributed by atoms with Crippen LogP contribution < -0.4 is 15.4 Å². The molecule has 0 spiro atoms. The van der Waals surface area contributed by atoms with E-state index >= 15 is 0 Å². The summed E-state index contributed by atoms with van der Waals surface area (Å²) in [4.78, 5) is 23.1. The molecule has 0 aliphatic rings. The van der Waals surface area contributed by atoms with Crippen molar-refractivity contribution >= 4 is 17.5 Å². The summed E-state index contributed by atoms with van der Waals surface area (Å²) in [5, 5.41) is 5.05. The lowest BCUT2D eigenvalue weighted by atomic mass is 10.2. The van der Waals surface area contributed by atoms with Crippen LogP contribution in [0.25, 0.3) is 0 Å². The van der Waals surface area contributed by atoms with Crippen molar-refractivity contribution in [3.63, 3.8) is 0 Å². The van der Waals surface area contributed by atoms with Crippen LogP contribution in [0.3, 0.4) is 0 Å². The molecule has 7 heteroatoms. The van der Waals surface area contributed by atoms with Crippen molar-refractivity contribution in [1.29, 1.82) is 0 Å². The molecule has 2 aromatic rings. The van der Waals surface area contributed by atoms with Crippen molar-refractivity contribution in [3.05, 3.63) is 54.1 Å². The van der Waals surface area contributed by atoms with Gasteiger partial charge in [-0.25, -0.2) is 8.78 Å². The molecule has 24 heavy (non-hydrogen) atoms. The van der Waals surface area contributed by atoms with E-state index in [0.29, 0.717) is 5.69 Å². The van der Waals surface area contributed by atoms with E-state index in [2.05, 4.69) is 10.6 Å². The number of rotatable bonds is 5. The summed E-state index contributed by atoms with van der Waals surface area (Å²) >= 11 is 0. The van der Waals surface area contributed by atoms with Crippen LogP contribution in [-0.2, 0) is 9.59 Å². The zero-order chi connectivity index (χ0) is 17.7.